The topological polar surface area (TPSA) is 104 Å². The first-order valence-electron chi connectivity index (χ1n) is 7.58. The van der Waals surface area contributed by atoms with Crippen molar-refractivity contribution < 1.29 is 31.2 Å². The van der Waals surface area contributed by atoms with E-state index in [1.54, 1.807) is 18.3 Å². The predicted molar refractivity (Wildman–Crippen MR) is 87.8 cm³/mol. The lowest BCUT2D eigenvalue weighted by atomic mass is 10.1. The van der Waals surface area contributed by atoms with Gasteiger partial charge in [0, 0.05) is 13.0 Å². The van der Waals surface area contributed by atoms with Crippen LogP contribution >= 0.6 is 0 Å². The Balaban J connectivity index is 2.39. The van der Waals surface area contributed by atoms with Gasteiger partial charge in [-0.05, 0) is 37.1 Å². The van der Waals surface area contributed by atoms with Gasteiger partial charge in [-0.3, -0.25) is 9.59 Å². The second-order valence-electron chi connectivity index (χ2n) is 5.56. The van der Waals surface area contributed by atoms with E-state index in [1.165, 1.54) is 12.1 Å². The fourth-order valence-electron chi connectivity index (χ4n) is 1.79. The van der Waals surface area contributed by atoms with Crippen molar-refractivity contribution in [1.29, 1.82) is 0 Å². The Morgan fingerprint density at radius 3 is 2.27 bits per heavy atom. The number of aryl methyl sites for hydroxylation is 2. The summed E-state index contributed by atoms with van der Waals surface area (Å²) in [6.45, 7) is 1.28. The fraction of sp³-hybridized carbons (Fsp3) is 0.467. The number of amides is 2. The third-order valence-corrected chi connectivity index (χ3v) is 4.82. The highest BCUT2D eigenvalue weighted by Crippen LogP contribution is 2.14. The van der Waals surface area contributed by atoms with E-state index in [-0.39, 0.29) is 17.9 Å². The van der Waals surface area contributed by atoms with E-state index in [9.17, 15) is 31.2 Å². The molecular weight excluding hydrogens is 375 g/mol. The van der Waals surface area contributed by atoms with Gasteiger partial charge in [-0.25, -0.2) is 13.1 Å². The molecule has 0 saturated carbocycles. The van der Waals surface area contributed by atoms with Gasteiger partial charge < -0.3 is 10.6 Å². The predicted octanol–water partition coefficient (Wildman–Crippen LogP) is 0.767. The summed E-state index contributed by atoms with van der Waals surface area (Å²) in [5.41, 5.74) is 1.74. The van der Waals surface area contributed by atoms with Crippen LogP contribution in [0.1, 0.15) is 17.5 Å². The summed E-state index contributed by atoms with van der Waals surface area (Å²) in [6.07, 6.45) is -4.80. The summed E-state index contributed by atoms with van der Waals surface area (Å²) in [7, 11) is -3.79. The molecule has 0 heterocycles. The van der Waals surface area contributed by atoms with E-state index < -0.39 is 41.1 Å². The average molecular weight is 395 g/mol. The standard InChI is InChI=1S/C15H20F3N3O4S/c1-10-3-4-12(7-11(10)2)26(24,25)21-6-5-13(22)19-8-14(23)20-9-15(16,17)18/h3-4,7,21H,5-6,8-9H2,1-2H3,(H,19,22)(H,20,23). The smallest absolute Gasteiger partial charge is 0.347 e. The highest BCUT2D eigenvalue weighted by molar-refractivity contribution is 7.89. The van der Waals surface area contributed by atoms with Gasteiger partial charge in [0.05, 0.1) is 11.4 Å². The zero-order valence-electron chi connectivity index (χ0n) is 14.2. The minimum absolute atomic E-state index is 0.0625. The maximum atomic E-state index is 12.1. The summed E-state index contributed by atoms with van der Waals surface area (Å²) >= 11 is 0. The highest BCUT2D eigenvalue weighted by Gasteiger charge is 2.27. The highest BCUT2D eigenvalue weighted by atomic mass is 32.2. The Kier molecular flexibility index (Phi) is 7.57. The van der Waals surface area contributed by atoms with Crippen LogP contribution in [0.2, 0.25) is 0 Å². The number of benzene rings is 1. The van der Waals surface area contributed by atoms with Crippen LogP contribution in [0.3, 0.4) is 0 Å². The summed E-state index contributed by atoms with van der Waals surface area (Å²) in [4.78, 5) is 22.7. The number of rotatable bonds is 8. The molecule has 0 bridgehead atoms. The van der Waals surface area contributed by atoms with Crippen LogP contribution in [0, 0.1) is 13.8 Å². The number of hydrogen-bond acceptors (Lipinski definition) is 4. The SMILES string of the molecule is Cc1ccc(S(=O)(=O)NCCC(=O)NCC(=O)NCC(F)(F)F)cc1C. The van der Waals surface area contributed by atoms with Gasteiger partial charge in [-0.1, -0.05) is 6.07 Å². The Hall–Kier alpha value is -2.14. The zero-order chi connectivity index (χ0) is 20.0. The van der Waals surface area contributed by atoms with Gasteiger partial charge in [0.25, 0.3) is 0 Å². The van der Waals surface area contributed by atoms with E-state index in [4.69, 9.17) is 0 Å². The molecule has 0 spiro atoms. The molecule has 0 unspecified atom stereocenters. The number of carbonyl (C=O) groups excluding carboxylic acids is 2. The first-order valence-corrected chi connectivity index (χ1v) is 9.06. The molecule has 1 aromatic rings. The normalized spacial score (nSPS) is 11.9. The van der Waals surface area contributed by atoms with Crippen molar-refractivity contribution in [1.82, 2.24) is 15.4 Å². The van der Waals surface area contributed by atoms with Crippen LogP contribution in [-0.2, 0) is 19.6 Å². The van der Waals surface area contributed by atoms with Crippen molar-refractivity contribution in [2.75, 3.05) is 19.6 Å². The zero-order valence-corrected chi connectivity index (χ0v) is 15.1. The molecule has 7 nitrogen and oxygen atoms in total. The minimum atomic E-state index is -4.54. The minimum Gasteiger partial charge on any atom is -0.347 e. The van der Waals surface area contributed by atoms with Gasteiger partial charge in [0.15, 0.2) is 0 Å². The van der Waals surface area contributed by atoms with Crippen LogP contribution < -0.4 is 15.4 Å². The Labute approximate surface area is 149 Å². The third-order valence-electron chi connectivity index (χ3n) is 3.36. The van der Waals surface area contributed by atoms with Crippen molar-refractivity contribution in [3.8, 4) is 0 Å². The second kappa shape index (κ2) is 8.99. The molecule has 0 aliphatic heterocycles. The molecule has 0 aliphatic carbocycles. The molecular formula is C15H20F3N3O4S. The first kappa shape index (κ1) is 21.9. The van der Waals surface area contributed by atoms with E-state index in [0.717, 1.165) is 11.1 Å². The Bertz CT molecular complexity index is 764. The number of nitrogens with one attached hydrogen (secondary N) is 3. The van der Waals surface area contributed by atoms with Crippen LogP contribution in [0.15, 0.2) is 23.1 Å². The maximum absolute atomic E-state index is 12.1. The number of sulfonamides is 1. The molecule has 2 amide bonds. The largest absolute Gasteiger partial charge is 0.405 e. The lowest BCUT2D eigenvalue weighted by Crippen LogP contribution is -2.41. The molecule has 1 aromatic carbocycles. The number of alkyl halides is 3. The average Bonchev–Trinajstić information content (AvgIpc) is 2.52. The van der Waals surface area contributed by atoms with Crippen LogP contribution in [0.25, 0.3) is 0 Å². The third kappa shape index (κ3) is 7.83. The van der Waals surface area contributed by atoms with Crippen molar-refractivity contribution in [3.05, 3.63) is 29.3 Å². The van der Waals surface area contributed by atoms with E-state index >= 15 is 0 Å². The van der Waals surface area contributed by atoms with E-state index in [0.29, 0.717) is 0 Å². The van der Waals surface area contributed by atoms with Gasteiger partial charge in [0.2, 0.25) is 21.8 Å². The Morgan fingerprint density at radius 1 is 1.04 bits per heavy atom. The van der Waals surface area contributed by atoms with Gasteiger partial charge in [-0.15, -0.1) is 0 Å². The molecule has 0 saturated heterocycles. The van der Waals surface area contributed by atoms with Crippen LogP contribution in [-0.4, -0.2) is 46.0 Å². The monoisotopic (exact) mass is 395 g/mol. The quantitative estimate of drug-likeness (QED) is 0.605. The molecule has 0 fully saturated rings. The molecule has 11 heteroatoms. The number of halogens is 3. The molecule has 0 aliphatic rings. The summed E-state index contributed by atoms with van der Waals surface area (Å²) in [5.74, 6) is -1.67. The van der Waals surface area contributed by atoms with Crippen molar-refractivity contribution in [3.63, 3.8) is 0 Å². The van der Waals surface area contributed by atoms with Crippen molar-refractivity contribution >= 4 is 21.8 Å². The molecule has 1 rings (SSSR count). The molecule has 0 atom stereocenters. The number of hydrogen-bond donors (Lipinski definition) is 3. The van der Waals surface area contributed by atoms with Crippen molar-refractivity contribution in [2.24, 2.45) is 0 Å². The summed E-state index contributed by atoms with van der Waals surface area (Å²) < 4.78 is 62.2. The summed E-state index contributed by atoms with van der Waals surface area (Å²) in [6, 6.07) is 4.61. The molecule has 26 heavy (non-hydrogen) atoms. The molecule has 3 N–H and O–H groups in total. The lowest BCUT2D eigenvalue weighted by Gasteiger charge is -2.10. The van der Waals surface area contributed by atoms with Crippen molar-refractivity contribution in [2.45, 2.75) is 31.3 Å². The molecule has 0 aromatic heterocycles. The number of carbonyl (C=O) groups is 2. The molecule has 0 radical (unpaired) electrons. The molecule has 146 valence electrons. The van der Waals surface area contributed by atoms with Gasteiger partial charge >= 0.3 is 6.18 Å². The van der Waals surface area contributed by atoms with Crippen LogP contribution in [0.4, 0.5) is 13.2 Å². The lowest BCUT2D eigenvalue weighted by molar-refractivity contribution is -0.138. The first-order chi connectivity index (χ1) is 11.9. The van der Waals surface area contributed by atoms with E-state index in [1.807, 2.05) is 6.92 Å². The van der Waals surface area contributed by atoms with E-state index in [2.05, 4.69) is 10.0 Å². The van der Waals surface area contributed by atoms with Crippen LogP contribution in [0.5, 0.6) is 0 Å². The Morgan fingerprint density at radius 2 is 1.69 bits per heavy atom. The van der Waals surface area contributed by atoms with Gasteiger partial charge in [-0.2, -0.15) is 13.2 Å². The van der Waals surface area contributed by atoms with Gasteiger partial charge in [0.1, 0.15) is 6.54 Å². The fourth-order valence-corrected chi connectivity index (χ4v) is 2.91. The summed E-state index contributed by atoms with van der Waals surface area (Å²) in [5, 5.41) is 3.71. The maximum Gasteiger partial charge on any atom is 0.405 e. The second-order valence-corrected chi connectivity index (χ2v) is 7.33.